The molecule has 5 heteroatoms. The van der Waals surface area contributed by atoms with Gasteiger partial charge in [-0.05, 0) is 36.8 Å². The Hall–Kier alpha value is -3.21. The fourth-order valence-electron chi connectivity index (χ4n) is 4.54. The number of aromatic nitrogens is 4. The highest BCUT2D eigenvalue weighted by Gasteiger charge is 2.49. The van der Waals surface area contributed by atoms with Gasteiger partial charge in [0.05, 0.1) is 23.1 Å². The van der Waals surface area contributed by atoms with Crippen LogP contribution in [0, 0.1) is 0 Å². The molecule has 0 radical (unpaired) electrons. The van der Waals surface area contributed by atoms with Crippen LogP contribution in [0.1, 0.15) is 12.1 Å². The van der Waals surface area contributed by atoms with Crippen molar-refractivity contribution in [3.8, 4) is 11.3 Å². The van der Waals surface area contributed by atoms with Crippen LogP contribution in [0.5, 0.6) is 0 Å². The highest BCUT2D eigenvalue weighted by Crippen LogP contribution is 2.45. The van der Waals surface area contributed by atoms with Gasteiger partial charge in [-0.3, -0.25) is 14.6 Å². The molecule has 3 aromatic heterocycles. The summed E-state index contributed by atoms with van der Waals surface area (Å²) in [6.45, 7) is 3.08. The van der Waals surface area contributed by atoms with Crippen LogP contribution < -0.4 is 4.90 Å². The molecule has 5 nitrogen and oxygen atoms in total. The van der Waals surface area contributed by atoms with E-state index in [1.54, 1.807) is 0 Å². The van der Waals surface area contributed by atoms with Gasteiger partial charge in [0.25, 0.3) is 0 Å². The summed E-state index contributed by atoms with van der Waals surface area (Å²) in [4.78, 5) is 11.3. The Morgan fingerprint density at radius 1 is 0.963 bits per heavy atom. The van der Waals surface area contributed by atoms with E-state index in [2.05, 4.69) is 49.9 Å². The molecule has 132 valence electrons. The van der Waals surface area contributed by atoms with Gasteiger partial charge in [-0.1, -0.05) is 18.2 Å². The monoisotopic (exact) mass is 353 g/mol. The van der Waals surface area contributed by atoms with Crippen LogP contribution in [0.3, 0.4) is 0 Å². The predicted molar refractivity (Wildman–Crippen MR) is 106 cm³/mol. The molecule has 1 fully saturated rings. The summed E-state index contributed by atoms with van der Waals surface area (Å²) in [6.07, 6.45) is 6.89. The highest BCUT2D eigenvalue weighted by atomic mass is 15.3. The molecule has 1 spiro atoms. The molecule has 1 saturated heterocycles. The lowest BCUT2D eigenvalue weighted by Crippen LogP contribution is -2.58. The van der Waals surface area contributed by atoms with Gasteiger partial charge in [0.2, 0.25) is 0 Å². The van der Waals surface area contributed by atoms with Gasteiger partial charge in [-0.15, -0.1) is 0 Å². The quantitative estimate of drug-likeness (QED) is 0.552. The number of anilines is 1. The van der Waals surface area contributed by atoms with E-state index in [1.807, 2.05) is 36.8 Å². The lowest BCUT2D eigenvalue weighted by atomic mass is 9.75. The van der Waals surface area contributed by atoms with E-state index in [1.165, 1.54) is 17.8 Å². The first kappa shape index (κ1) is 14.9. The van der Waals surface area contributed by atoms with E-state index >= 15 is 0 Å². The molecule has 0 N–H and O–H groups in total. The van der Waals surface area contributed by atoms with Crippen LogP contribution in [0.4, 0.5) is 5.69 Å². The number of para-hydroxylation sites is 1. The van der Waals surface area contributed by atoms with Crippen LogP contribution in [0.2, 0.25) is 0 Å². The van der Waals surface area contributed by atoms with Crippen LogP contribution in [0.25, 0.3) is 22.2 Å². The third-order valence-electron chi connectivity index (χ3n) is 6.01. The molecule has 0 amide bonds. The third kappa shape index (κ3) is 2.21. The van der Waals surface area contributed by atoms with E-state index in [4.69, 9.17) is 5.10 Å². The summed E-state index contributed by atoms with van der Waals surface area (Å²) >= 11 is 0. The maximum Gasteiger partial charge on any atom is 0.0942 e. The van der Waals surface area contributed by atoms with Gasteiger partial charge >= 0.3 is 0 Å². The molecule has 2 aliphatic heterocycles. The Kier molecular flexibility index (Phi) is 2.98. The largest absolute Gasteiger partial charge is 0.368 e. The predicted octanol–water partition coefficient (Wildman–Crippen LogP) is 3.66. The number of nitrogens with zero attached hydrogens (tertiary/aromatic N) is 5. The number of pyridine rings is 2. The van der Waals surface area contributed by atoms with Crippen molar-refractivity contribution in [2.45, 2.75) is 18.4 Å². The summed E-state index contributed by atoms with van der Waals surface area (Å²) in [7, 11) is 0. The van der Waals surface area contributed by atoms with Crippen molar-refractivity contribution in [3.63, 3.8) is 0 Å². The molecule has 4 aromatic rings. The Morgan fingerprint density at radius 2 is 1.89 bits per heavy atom. The summed E-state index contributed by atoms with van der Waals surface area (Å²) < 4.78 is 2.20. The molecule has 0 atom stereocenters. The van der Waals surface area contributed by atoms with Crippen molar-refractivity contribution >= 4 is 16.6 Å². The number of fused-ring (bicyclic) bond motifs is 3. The van der Waals surface area contributed by atoms with Gasteiger partial charge in [-0.2, -0.15) is 5.10 Å². The minimum Gasteiger partial charge on any atom is -0.368 e. The number of hydrogen-bond donors (Lipinski definition) is 0. The maximum atomic E-state index is 4.89. The summed E-state index contributed by atoms with van der Waals surface area (Å²) in [5.74, 6) is 0. The number of benzene rings is 1. The Morgan fingerprint density at radius 3 is 2.78 bits per heavy atom. The second kappa shape index (κ2) is 5.39. The minimum absolute atomic E-state index is 0.228. The summed E-state index contributed by atoms with van der Waals surface area (Å²) in [5, 5.41) is 6.05. The molecule has 1 aromatic carbocycles. The van der Waals surface area contributed by atoms with Gasteiger partial charge in [0.1, 0.15) is 0 Å². The van der Waals surface area contributed by atoms with Crippen molar-refractivity contribution in [2.75, 3.05) is 18.0 Å². The fourth-order valence-corrected chi connectivity index (χ4v) is 4.54. The van der Waals surface area contributed by atoms with E-state index in [0.29, 0.717) is 0 Å². The van der Waals surface area contributed by atoms with Crippen LogP contribution in [-0.2, 0) is 12.0 Å². The lowest BCUT2D eigenvalue weighted by molar-refractivity contribution is 0.329. The number of hydrogen-bond acceptors (Lipinski definition) is 4. The first-order chi connectivity index (χ1) is 13.3. The molecule has 27 heavy (non-hydrogen) atoms. The Balaban J connectivity index is 1.32. The normalized spacial score (nSPS) is 17.3. The number of aryl methyl sites for hydroxylation is 1. The molecule has 2 aliphatic rings. The van der Waals surface area contributed by atoms with Crippen molar-refractivity contribution in [1.82, 2.24) is 19.7 Å². The average Bonchev–Trinajstić information content (AvgIpc) is 3.26. The Labute approximate surface area is 157 Å². The zero-order chi connectivity index (χ0) is 17.8. The smallest absolute Gasteiger partial charge is 0.0942 e. The molecular formula is C22H19N5. The molecule has 6 rings (SSSR count). The SMILES string of the molecule is c1cncc(N2CC3(CCn4nc(-c5cnc6ccccc6c5)cc43)C2)c1. The first-order valence-corrected chi connectivity index (χ1v) is 9.39. The second-order valence-electron chi connectivity index (χ2n) is 7.65. The van der Waals surface area contributed by atoms with Crippen molar-refractivity contribution < 1.29 is 0 Å². The fraction of sp³-hybridized carbons (Fsp3) is 0.227. The highest BCUT2D eigenvalue weighted by molar-refractivity contribution is 5.82. The second-order valence-corrected chi connectivity index (χ2v) is 7.65. The topological polar surface area (TPSA) is 46.8 Å². The zero-order valence-corrected chi connectivity index (χ0v) is 14.9. The standard InChI is InChI=1S/C22H19N5/c1-2-6-19-16(4-1)10-17(12-24-19)20-11-21-22(7-9-27(21)25-20)14-26(15-22)18-5-3-8-23-13-18/h1-6,8,10-13H,7,9,14-15H2. The van der Waals surface area contributed by atoms with Gasteiger partial charge in [-0.25, -0.2) is 0 Å². The molecule has 0 saturated carbocycles. The zero-order valence-electron chi connectivity index (χ0n) is 14.9. The molecule has 0 aliphatic carbocycles. The van der Waals surface area contributed by atoms with Crippen LogP contribution in [0.15, 0.2) is 67.1 Å². The van der Waals surface area contributed by atoms with Gasteiger partial charge < -0.3 is 4.90 Å². The molecule has 5 heterocycles. The van der Waals surface area contributed by atoms with Crippen molar-refractivity contribution in [1.29, 1.82) is 0 Å². The molecular weight excluding hydrogens is 334 g/mol. The molecule has 0 bridgehead atoms. The van der Waals surface area contributed by atoms with Crippen molar-refractivity contribution in [2.24, 2.45) is 0 Å². The Bertz CT molecular complexity index is 1140. The van der Waals surface area contributed by atoms with Crippen molar-refractivity contribution in [3.05, 3.63) is 72.8 Å². The van der Waals surface area contributed by atoms with E-state index < -0.39 is 0 Å². The van der Waals surface area contributed by atoms with Gasteiger partial charge in [0.15, 0.2) is 0 Å². The van der Waals surface area contributed by atoms with E-state index in [-0.39, 0.29) is 5.41 Å². The van der Waals surface area contributed by atoms with Gasteiger partial charge in [0, 0.05) is 54.1 Å². The number of rotatable bonds is 2. The van der Waals surface area contributed by atoms with E-state index in [9.17, 15) is 0 Å². The summed E-state index contributed by atoms with van der Waals surface area (Å²) in [5.41, 5.74) is 5.95. The minimum atomic E-state index is 0.228. The lowest BCUT2D eigenvalue weighted by Gasteiger charge is -2.49. The maximum absolute atomic E-state index is 4.89. The van der Waals surface area contributed by atoms with Crippen LogP contribution in [-0.4, -0.2) is 32.8 Å². The summed E-state index contributed by atoms with van der Waals surface area (Å²) in [6, 6.07) is 16.8. The molecule has 0 unspecified atom stereocenters. The third-order valence-corrected chi connectivity index (χ3v) is 6.01. The first-order valence-electron chi connectivity index (χ1n) is 9.39. The average molecular weight is 353 g/mol. The van der Waals surface area contributed by atoms with E-state index in [0.717, 1.165) is 41.8 Å². The van der Waals surface area contributed by atoms with Crippen LogP contribution >= 0.6 is 0 Å².